The van der Waals surface area contributed by atoms with Crippen LogP contribution in [0.3, 0.4) is 0 Å². The van der Waals surface area contributed by atoms with Gasteiger partial charge in [0.25, 0.3) is 11.1 Å². The molecule has 4 rings (SSSR count). The van der Waals surface area contributed by atoms with Crippen LogP contribution >= 0.6 is 0 Å². The van der Waals surface area contributed by atoms with Gasteiger partial charge in [0.2, 0.25) is 0 Å². The van der Waals surface area contributed by atoms with Gasteiger partial charge >= 0.3 is 0 Å². The summed E-state index contributed by atoms with van der Waals surface area (Å²) in [6.45, 7) is 1.92. The van der Waals surface area contributed by atoms with Gasteiger partial charge in [0.15, 0.2) is 0 Å². The summed E-state index contributed by atoms with van der Waals surface area (Å²) in [5.74, 6) is 0.883. The Balaban J connectivity index is 1.77. The van der Waals surface area contributed by atoms with E-state index in [1.807, 2.05) is 31.2 Å². The Labute approximate surface area is 130 Å². The minimum absolute atomic E-state index is 0.292. The Bertz CT molecular complexity index is 1150. The molecule has 0 saturated carbocycles. The number of aromatic amines is 3. The molecule has 3 N–H and O–H groups in total. The van der Waals surface area contributed by atoms with Gasteiger partial charge in [-0.1, -0.05) is 12.1 Å². The van der Waals surface area contributed by atoms with E-state index in [0.717, 1.165) is 28.0 Å². The number of H-pyrrole nitrogens is 3. The molecule has 0 radical (unpaired) electrons. The zero-order chi connectivity index (χ0) is 16.0. The summed E-state index contributed by atoms with van der Waals surface area (Å²) >= 11 is 0. The Hall–Kier alpha value is -3.15. The van der Waals surface area contributed by atoms with Gasteiger partial charge in [-0.2, -0.15) is 0 Å². The molecule has 0 spiro atoms. The molecular weight excluding hydrogens is 292 g/mol. The molecule has 2 aromatic heterocycles. The van der Waals surface area contributed by atoms with E-state index in [1.54, 1.807) is 12.1 Å². The first kappa shape index (κ1) is 13.5. The summed E-state index contributed by atoms with van der Waals surface area (Å²) in [4.78, 5) is 31.2. The number of imidazole rings is 1. The Morgan fingerprint density at radius 1 is 0.913 bits per heavy atom. The van der Waals surface area contributed by atoms with E-state index < -0.39 is 0 Å². The van der Waals surface area contributed by atoms with E-state index in [1.165, 1.54) is 0 Å². The molecule has 0 bridgehead atoms. The lowest BCUT2D eigenvalue weighted by atomic mass is 10.0. The van der Waals surface area contributed by atoms with Crippen LogP contribution in [-0.4, -0.2) is 20.2 Å². The van der Waals surface area contributed by atoms with Crippen molar-refractivity contribution in [3.05, 3.63) is 74.1 Å². The molecule has 2 aromatic carbocycles. The molecule has 0 atom stereocenters. The molecule has 0 aliphatic rings. The number of hydrogen-bond donors (Lipinski definition) is 3. The number of aryl methyl sites for hydroxylation is 1. The highest BCUT2D eigenvalue weighted by Crippen LogP contribution is 2.18. The summed E-state index contributed by atoms with van der Waals surface area (Å²) < 4.78 is 0. The predicted molar refractivity (Wildman–Crippen MR) is 88.8 cm³/mol. The molecule has 114 valence electrons. The zero-order valence-electron chi connectivity index (χ0n) is 12.4. The van der Waals surface area contributed by atoms with Crippen LogP contribution in [0.25, 0.3) is 21.8 Å². The first-order valence-corrected chi connectivity index (χ1v) is 7.29. The quantitative estimate of drug-likeness (QED) is 0.528. The number of benzene rings is 2. The molecule has 23 heavy (non-hydrogen) atoms. The van der Waals surface area contributed by atoms with E-state index >= 15 is 0 Å². The molecule has 0 fully saturated rings. The van der Waals surface area contributed by atoms with Crippen LogP contribution in [0, 0.1) is 6.92 Å². The third-order valence-corrected chi connectivity index (χ3v) is 3.94. The van der Waals surface area contributed by atoms with Crippen molar-refractivity contribution in [2.24, 2.45) is 0 Å². The number of aromatic nitrogens is 4. The maximum atomic E-state index is 11.9. The van der Waals surface area contributed by atoms with Crippen molar-refractivity contribution in [2.45, 2.75) is 13.3 Å². The van der Waals surface area contributed by atoms with Crippen LogP contribution in [0.4, 0.5) is 0 Å². The molecule has 0 unspecified atom stereocenters. The maximum Gasteiger partial charge on any atom is 0.270 e. The van der Waals surface area contributed by atoms with Gasteiger partial charge in [0, 0.05) is 0 Å². The highest BCUT2D eigenvalue weighted by Gasteiger charge is 2.06. The van der Waals surface area contributed by atoms with E-state index in [-0.39, 0.29) is 11.1 Å². The summed E-state index contributed by atoms with van der Waals surface area (Å²) in [6, 6.07) is 11.4. The van der Waals surface area contributed by atoms with Crippen LogP contribution < -0.4 is 11.1 Å². The number of rotatable bonds is 2. The molecule has 6 heteroatoms. The lowest BCUT2D eigenvalue weighted by molar-refractivity contribution is 0.975. The smallest absolute Gasteiger partial charge is 0.270 e. The largest absolute Gasteiger partial charge is 0.342 e. The second kappa shape index (κ2) is 4.95. The van der Waals surface area contributed by atoms with Crippen molar-refractivity contribution >= 4 is 21.8 Å². The van der Waals surface area contributed by atoms with Crippen LogP contribution in [-0.2, 0) is 6.42 Å². The Morgan fingerprint density at radius 2 is 1.61 bits per heavy atom. The molecular formula is C17H14N4O2. The monoisotopic (exact) mass is 306 g/mol. The van der Waals surface area contributed by atoms with Crippen LogP contribution in [0.2, 0.25) is 0 Å². The topological polar surface area (TPSA) is 94.4 Å². The van der Waals surface area contributed by atoms with E-state index in [4.69, 9.17) is 0 Å². The lowest BCUT2D eigenvalue weighted by Gasteiger charge is -2.04. The number of nitrogens with one attached hydrogen (secondary N) is 3. The third kappa shape index (κ3) is 2.34. The van der Waals surface area contributed by atoms with Crippen molar-refractivity contribution in [3.8, 4) is 0 Å². The summed E-state index contributed by atoms with van der Waals surface area (Å²) in [6.07, 6.45) is 0.671. The highest BCUT2D eigenvalue weighted by molar-refractivity contribution is 5.81. The minimum Gasteiger partial charge on any atom is -0.342 e. The molecule has 6 nitrogen and oxygen atoms in total. The minimum atomic E-state index is -0.292. The molecule has 0 saturated heterocycles. The second-order valence-corrected chi connectivity index (χ2v) is 5.64. The Kier molecular flexibility index (Phi) is 2.90. The van der Waals surface area contributed by atoms with Gasteiger partial charge < -0.3 is 4.98 Å². The van der Waals surface area contributed by atoms with Crippen LogP contribution in [0.15, 0.2) is 46.0 Å². The second-order valence-electron chi connectivity index (χ2n) is 5.64. The maximum absolute atomic E-state index is 11.9. The molecule has 0 aliphatic heterocycles. The third-order valence-electron chi connectivity index (χ3n) is 3.94. The fraction of sp³-hybridized carbons (Fsp3) is 0.118. The van der Waals surface area contributed by atoms with Crippen LogP contribution in [0.1, 0.15) is 17.0 Å². The molecule has 4 aromatic rings. The number of fused-ring (bicyclic) bond motifs is 2. The number of nitrogens with zero attached hydrogens (tertiary/aromatic N) is 1. The fourth-order valence-electron chi connectivity index (χ4n) is 2.86. The van der Waals surface area contributed by atoms with Gasteiger partial charge in [0.05, 0.1) is 21.8 Å². The lowest BCUT2D eigenvalue weighted by Crippen LogP contribution is -2.18. The van der Waals surface area contributed by atoms with Gasteiger partial charge in [-0.3, -0.25) is 19.8 Å². The zero-order valence-corrected chi connectivity index (χ0v) is 12.4. The van der Waals surface area contributed by atoms with E-state index in [2.05, 4.69) is 20.2 Å². The predicted octanol–water partition coefficient (Wildman–Crippen LogP) is 1.99. The van der Waals surface area contributed by atoms with Gasteiger partial charge in [0.1, 0.15) is 5.82 Å². The summed E-state index contributed by atoms with van der Waals surface area (Å²) in [5, 5.41) is 5.49. The summed E-state index contributed by atoms with van der Waals surface area (Å²) in [5.41, 5.74) is 3.42. The molecule has 0 aliphatic carbocycles. The van der Waals surface area contributed by atoms with Crippen molar-refractivity contribution in [3.63, 3.8) is 0 Å². The normalized spacial score (nSPS) is 11.3. The van der Waals surface area contributed by atoms with Crippen molar-refractivity contribution in [2.75, 3.05) is 0 Å². The summed E-state index contributed by atoms with van der Waals surface area (Å²) in [7, 11) is 0. The first-order chi connectivity index (χ1) is 11.1. The Morgan fingerprint density at radius 3 is 2.43 bits per heavy atom. The molecule has 2 heterocycles. The van der Waals surface area contributed by atoms with Gasteiger partial charge in [-0.25, -0.2) is 4.98 Å². The van der Waals surface area contributed by atoms with Crippen molar-refractivity contribution < 1.29 is 0 Å². The molecule has 0 amide bonds. The standard InChI is InChI=1S/C17H14N4O2/c1-9-18-14-5-3-11(8-15(14)19-9)6-10-2-4-12-13(7-10)17(23)21-20-16(12)22/h2-5,7-8H,6H2,1H3,(H,18,19)(H,20,22)(H,21,23). The average Bonchev–Trinajstić information content (AvgIpc) is 2.90. The average molecular weight is 306 g/mol. The fourth-order valence-corrected chi connectivity index (χ4v) is 2.86. The van der Waals surface area contributed by atoms with E-state index in [0.29, 0.717) is 17.2 Å². The number of hydrogen-bond acceptors (Lipinski definition) is 3. The van der Waals surface area contributed by atoms with Gasteiger partial charge in [-0.15, -0.1) is 0 Å². The van der Waals surface area contributed by atoms with Crippen LogP contribution in [0.5, 0.6) is 0 Å². The van der Waals surface area contributed by atoms with Crippen molar-refractivity contribution in [1.82, 2.24) is 20.2 Å². The SMILES string of the molecule is Cc1nc2cc(Cc3ccc4c(=O)[nH][nH]c(=O)c4c3)ccc2[nH]1. The van der Waals surface area contributed by atoms with Crippen molar-refractivity contribution in [1.29, 1.82) is 0 Å². The first-order valence-electron chi connectivity index (χ1n) is 7.29. The van der Waals surface area contributed by atoms with Gasteiger partial charge in [-0.05, 0) is 48.7 Å². The van der Waals surface area contributed by atoms with E-state index in [9.17, 15) is 9.59 Å². The highest BCUT2D eigenvalue weighted by atomic mass is 16.1.